The van der Waals surface area contributed by atoms with Crippen LogP contribution in [-0.2, 0) is 6.42 Å². The molecule has 108 valence electrons. The molecule has 0 fully saturated rings. The van der Waals surface area contributed by atoms with E-state index in [4.69, 9.17) is 5.73 Å². The van der Waals surface area contributed by atoms with Crippen LogP contribution in [0.25, 0.3) is 0 Å². The summed E-state index contributed by atoms with van der Waals surface area (Å²) in [5, 5.41) is 14.1. The van der Waals surface area contributed by atoms with Crippen molar-refractivity contribution in [3.05, 3.63) is 57.8 Å². The second-order valence-electron chi connectivity index (χ2n) is 5.20. The third-order valence-electron chi connectivity index (χ3n) is 3.76. The average Bonchev–Trinajstić information content (AvgIpc) is 2.47. The quantitative estimate of drug-likeness (QED) is 0.513. The smallest absolute Gasteiger partial charge is 0.274 e. The van der Waals surface area contributed by atoms with Crippen molar-refractivity contribution in [2.45, 2.75) is 25.3 Å². The van der Waals surface area contributed by atoms with E-state index >= 15 is 0 Å². The summed E-state index contributed by atoms with van der Waals surface area (Å²) in [6.07, 6.45) is 4.50. The molecule has 0 saturated carbocycles. The van der Waals surface area contributed by atoms with Gasteiger partial charge in [0.25, 0.3) is 5.69 Å². The van der Waals surface area contributed by atoms with Crippen molar-refractivity contribution in [3.63, 3.8) is 0 Å². The number of hydrogen-bond acceptors (Lipinski definition) is 5. The number of nitrogens with zero attached hydrogens (tertiary/aromatic N) is 2. The summed E-state index contributed by atoms with van der Waals surface area (Å²) in [7, 11) is 0. The highest BCUT2D eigenvalue weighted by atomic mass is 16.6. The summed E-state index contributed by atoms with van der Waals surface area (Å²) in [6.45, 7) is 0. The fourth-order valence-electron chi connectivity index (χ4n) is 2.77. The van der Waals surface area contributed by atoms with Crippen LogP contribution in [0.15, 0.2) is 36.5 Å². The lowest BCUT2D eigenvalue weighted by atomic mass is 9.87. The number of fused-ring (bicyclic) bond motifs is 1. The predicted octanol–water partition coefficient (Wildman–Crippen LogP) is 3.06. The van der Waals surface area contributed by atoms with Crippen LogP contribution >= 0.6 is 0 Å². The Balaban J connectivity index is 1.86. The number of hydrogen-bond donors (Lipinski definition) is 2. The van der Waals surface area contributed by atoms with Gasteiger partial charge in [-0.3, -0.25) is 10.1 Å². The van der Waals surface area contributed by atoms with E-state index in [9.17, 15) is 10.1 Å². The van der Waals surface area contributed by atoms with Gasteiger partial charge in [0.1, 0.15) is 5.82 Å². The molecule has 0 amide bonds. The van der Waals surface area contributed by atoms with Crippen LogP contribution in [0.1, 0.15) is 30.0 Å². The van der Waals surface area contributed by atoms with Gasteiger partial charge in [-0.05, 0) is 42.5 Å². The van der Waals surface area contributed by atoms with Crippen LogP contribution in [0.5, 0.6) is 0 Å². The lowest BCUT2D eigenvalue weighted by Crippen LogP contribution is -2.18. The number of aromatic nitrogens is 1. The van der Waals surface area contributed by atoms with Gasteiger partial charge in [-0.1, -0.05) is 6.07 Å². The largest absolute Gasteiger partial charge is 0.399 e. The van der Waals surface area contributed by atoms with Gasteiger partial charge in [-0.15, -0.1) is 0 Å². The van der Waals surface area contributed by atoms with E-state index in [1.54, 1.807) is 0 Å². The van der Waals surface area contributed by atoms with Crippen LogP contribution in [0.4, 0.5) is 17.2 Å². The van der Waals surface area contributed by atoms with Crippen molar-refractivity contribution in [2.24, 2.45) is 0 Å². The number of anilines is 2. The van der Waals surface area contributed by atoms with Crippen molar-refractivity contribution in [1.82, 2.24) is 4.98 Å². The molecule has 0 saturated heterocycles. The van der Waals surface area contributed by atoms with Crippen molar-refractivity contribution in [3.8, 4) is 0 Å². The summed E-state index contributed by atoms with van der Waals surface area (Å²) in [6, 6.07) is 8.89. The summed E-state index contributed by atoms with van der Waals surface area (Å²) in [4.78, 5) is 14.6. The van der Waals surface area contributed by atoms with Crippen LogP contribution in [0.3, 0.4) is 0 Å². The number of benzene rings is 1. The molecule has 1 aromatic carbocycles. The van der Waals surface area contributed by atoms with Gasteiger partial charge >= 0.3 is 0 Å². The summed E-state index contributed by atoms with van der Waals surface area (Å²) >= 11 is 0. The standard InChI is InChI=1S/C15H16N4O2/c16-11-4-5-13-10(8-11)2-1-3-14(13)18-15-9-12(19(20)21)6-7-17-15/h4-9,14H,1-3,16H2,(H,17,18). The number of nitrogens with two attached hydrogens (primary N) is 1. The first-order valence-electron chi connectivity index (χ1n) is 6.89. The molecule has 21 heavy (non-hydrogen) atoms. The topological polar surface area (TPSA) is 94.1 Å². The number of pyridine rings is 1. The molecule has 1 atom stereocenters. The Morgan fingerprint density at radius 2 is 2.19 bits per heavy atom. The second-order valence-corrected chi connectivity index (χ2v) is 5.20. The molecule has 3 N–H and O–H groups in total. The molecule has 1 aromatic heterocycles. The predicted molar refractivity (Wildman–Crippen MR) is 81.0 cm³/mol. The number of nitrogens with one attached hydrogen (secondary N) is 1. The lowest BCUT2D eigenvalue weighted by molar-refractivity contribution is -0.384. The first-order valence-corrected chi connectivity index (χ1v) is 6.89. The molecule has 1 heterocycles. The first-order chi connectivity index (χ1) is 10.1. The minimum Gasteiger partial charge on any atom is -0.399 e. The minimum absolute atomic E-state index is 0.0424. The van der Waals surface area contributed by atoms with E-state index in [0.717, 1.165) is 24.9 Å². The highest BCUT2D eigenvalue weighted by molar-refractivity contribution is 5.51. The second kappa shape index (κ2) is 5.40. The van der Waals surface area contributed by atoms with E-state index in [1.807, 2.05) is 18.2 Å². The van der Waals surface area contributed by atoms with Crippen molar-refractivity contribution < 1.29 is 4.92 Å². The third kappa shape index (κ3) is 2.79. The van der Waals surface area contributed by atoms with Gasteiger partial charge in [0.15, 0.2) is 0 Å². The Labute approximate surface area is 122 Å². The molecular weight excluding hydrogens is 268 g/mol. The lowest BCUT2D eigenvalue weighted by Gasteiger charge is -2.27. The molecule has 1 aliphatic rings. The van der Waals surface area contributed by atoms with E-state index in [1.165, 1.54) is 29.5 Å². The van der Waals surface area contributed by atoms with Gasteiger partial charge in [0.05, 0.1) is 17.0 Å². The number of rotatable bonds is 3. The summed E-state index contributed by atoms with van der Waals surface area (Å²) in [5.41, 5.74) is 9.07. The van der Waals surface area contributed by atoms with E-state index in [-0.39, 0.29) is 11.7 Å². The molecular formula is C15H16N4O2. The molecule has 0 aliphatic heterocycles. The van der Waals surface area contributed by atoms with Crippen molar-refractivity contribution in [1.29, 1.82) is 0 Å². The SMILES string of the molecule is Nc1ccc2c(c1)CCCC2Nc1cc([N+](=O)[O-])ccn1. The first kappa shape index (κ1) is 13.4. The highest BCUT2D eigenvalue weighted by Crippen LogP contribution is 2.33. The maximum atomic E-state index is 10.8. The molecule has 0 radical (unpaired) electrons. The summed E-state index contributed by atoms with van der Waals surface area (Å²) in [5.74, 6) is 0.527. The molecule has 0 bridgehead atoms. The Morgan fingerprint density at radius 3 is 3.00 bits per heavy atom. The fourth-order valence-corrected chi connectivity index (χ4v) is 2.77. The Bertz CT molecular complexity index is 687. The van der Waals surface area contributed by atoms with Gasteiger partial charge in [0.2, 0.25) is 0 Å². The van der Waals surface area contributed by atoms with Crippen LogP contribution in [0, 0.1) is 10.1 Å². The molecule has 2 aromatic rings. The van der Waals surface area contributed by atoms with Gasteiger partial charge in [-0.25, -0.2) is 4.98 Å². The zero-order chi connectivity index (χ0) is 14.8. The van der Waals surface area contributed by atoms with Gasteiger partial charge in [0, 0.05) is 18.0 Å². The normalized spacial score (nSPS) is 17.0. The monoisotopic (exact) mass is 284 g/mol. The Hall–Kier alpha value is -2.63. The van der Waals surface area contributed by atoms with Crippen LogP contribution < -0.4 is 11.1 Å². The maximum absolute atomic E-state index is 10.8. The molecule has 3 rings (SSSR count). The van der Waals surface area contributed by atoms with Gasteiger partial charge in [-0.2, -0.15) is 0 Å². The molecule has 6 heteroatoms. The third-order valence-corrected chi connectivity index (χ3v) is 3.76. The molecule has 6 nitrogen and oxygen atoms in total. The number of aryl methyl sites for hydroxylation is 1. The zero-order valence-electron chi connectivity index (χ0n) is 11.5. The van der Waals surface area contributed by atoms with Crippen molar-refractivity contribution >= 4 is 17.2 Å². The summed E-state index contributed by atoms with van der Waals surface area (Å²) < 4.78 is 0. The number of nitrogen functional groups attached to an aromatic ring is 1. The van der Waals surface area contributed by atoms with Crippen LogP contribution in [0.2, 0.25) is 0 Å². The van der Waals surface area contributed by atoms with E-state index < -0.39 is 4.92 Å². The Kier molecular flexibility index (Phi) is 3.43. The number of nitro groups is 1. The average molecular weight is 284 g/mol. The fraction of sp³-hybridized carbons (Fsp3) is 0.267. The minimum atomic E-state index is -0.414. The highest BCUT2D eigenvalue weighted by Gasteiger charge is 2.21. The van der Waals surface area contributed by atoms with E-state index in [0.29, 0.717) is 5.82 Å². The Morgan fingerprint density at radius 1 is 1.33 bits per heavy atom. The van der Waals surface area contributed by atoms with Crippen molar-refractivity contribution in [2.75, 3.05) is 11.1 Å². The maximum Gasteiger partial charge on any atom is 0.274 e. The molecule has 1 unspecified atom stereocenters. The van der Waals surface area contributed by atoms with Gasteiger partial charge < -0.3 is 11.1 Å². The molecule has 0 spiro atoms. The zero-order valence-corrected chi connectivity index (χ0v) is 11.5. The molecule has 1 aliphatic carbocycles. The van der Waals surface area contributed by atoms with E-state index in [2.05, 4.69) is 10.3 Å². The van der Waals surface area contributed by atoms with Crippen LogP contribution in [-0.4, -0.2) is 9.91 Å².